The minimum Gasteiger partial charge on any atom is -0.381 e. The van der Waals surface area contributed by atoms with Crippen LogP contribution < -0.4 is 0 Å². The quantitative estimate of drug-likeness (QED) is 0.645. The smallest absolute Gasteiger partial charge is 0.311 e. The van der Waals surface area contributed by atoms with Gasteiger partial charge in [-0.25, -0.2) is 0 Å². The van der Waals surface area contributed by atoms with Crippen LogP contribution in [0.25, 0.3) is 0 Å². The molecular weight excluding hydrogens is 310 g/mol. The summed E-state index contributed by atoms with van der Waals surface area (Å²) in [5, 5.41) is 0. The zero-order chi connectivity index (χ0) is 16.7. The molecule has 0 bridgehead atoms. The molecule has 4 nitrogen and oxygen atoms in total. The third-order valence-electron chi connectivity index (χ3n) is 4.96. The van der Waals surface area contributed by atoms with Gasteiger partial charge in [-0.05, 0) is 37.7 Å². The van der Waals surface area contributed by atoms with Crippen molar-refractivity contribution in [3.8, 4) is 0 Å². The van der Waals surface area contributed by atoms with E-state index in [4.69, 9.17) is 4.74 Å². The van der Waals surface area contributed by atoms with Gasteiger partial charge in [0.05, 0.1) is 12.1 Å². The molecule has 0 heterocycles. The Kier molecular flexibility index (Phi) is 6.78. The predicted molar refractivity (Wildman–Crippen MR) is 92.0 cm³/mol. The van der Waals surface area contributed by atoms with Crippen molar-refractivity contribution in [2.24, 2.45) is 4.36 Å². The van der Waals surface area contributed by atoms with Crippen molar-refractivity contribution in [1.82, 2.24) is 0 Å². The molecule has 3 unspecified atom stereocenters. The van der Waals surface area contributed by atoms with Gasteiger partial charge in [-0.15, -0.1) is 0 Å². The second-order valence-electron chi connectivity index (χ2n) is 6.46. The first-order valence-electron chi connectivity index (χ1n) is 8.51. The summed E-state index contributed by atoms with van der Waals surface area (Å²) in [6.07, 6.45) is 7.65. The molecule has 1 aromatic carbocycles. The van der Waals surface area contributed by atoms with E-state index in [2.05, 4.69) is 23.4 Å². The summed E-state index contributed by atoms with van der Waals surface area (Å²) in [6.45, 7) is 2.19. The maximum Gasteiger partial charge on any atom is 0.311 e. The Morgan fingerprint density at radius 1 is 1.26 bits per heavy atom. The van der Waals surface area contributed by atoms with Crippen molar-refractivity contribution >= 4 is 10.5 Å². The number of benzene rings is 1. The zero-order valence-corrected chi connectivity index (χ0v) is 14.9. The number of ether oxygens (including phenoxy) is 1. The highest BCUT2D eigenvalue weighted by atomic mass is 32.2. The lowest BCUT2D eigenvalue weighted by atomic mass is 9.88. The molecule has 0 aliphatic heterocycles. The minimum atomic E-state index is -2.32. The number of methoxy groups -OCH3 is 1. The van der Waals surface area contributed by atoms with Crippen LogP contribution >= 0.6 is 0 Å². The van der Waals surface area contributed by atoms with Gasteiger partial charge >= 0.3 is 10.5 Å². The largest absolute Gasteiger partial charge is 0.381 e. The molecule has 3 atom stereocenters. The van der Waals surface area contributed by atoms with E-state index < -0.39 is 10.5 Å². The number of unbranched alkanes of at least 4 members (excludes halogenated alkanes) is 1. The van der Waals surface area contributed by atoms with Gasteiger partial charge in [0.1, 0.15) is 0 Å². The third-order valence-corrected chi connectivity index (χ3v) is 5.39. The molecule has 1 saturated carbocycles. The van der Waals surface area contributed by atoms with Crippen LogP contribution in [0.4, 0.5) is 0 Å². The lowest BCUT2D eigenvalue weighted by Gasteiger charge is -2.19. The van der Waals surface area contributed by atoms with E-state index in [1.165, 1.54) is 18.4 Å². The first-order chi connectivity index (χ1) is 11.1. The molecule has 0 aromatic heterocycles. The topological polar surface area (TPSA) is 55.7 Å². The van der Waals surface area contributed by atoms with E-state index in [1.807, 2.05) is 18.2 Å². The summed E-state index contributed by atoms with van der Waals surface area (Å²) in [4.78, 5) is 0. The Hall–Kier alpha value is -1.20. The average molecular weight is 337 g/mol. The van der Waals surface area contributed by atoms with Crippen molar-refractivity contribution in [3.63, 3.8) is 0 Å². The molecule has 0 saturated heterocycles. The SMILES string of the molecule is CCCCC(CCCC1(c2ccccc2)CC1N=S(=O)=O)OC. The fourth-order valence-electron chi connectivity index (χ4n) is 3.48. The fraction of sp³-hybridized carbons (Fsp3) is 0.667. The maximum atomic E-state index is 10.9. The minimum absolute atomic E-state index is 0.0929. The van der Waals surface area contributed by atoms with E-state index in [-0.39, 0.29) is 11.5 Å². The molecule has 5 heteroatoms. The molecule has 128 valence electrons. The van der Waals surface area contributed by atoms with Gasteiger partial charge in [-0.1, -0.05) is 50.1 Å². The lowest BCUT2D eigenvalue weighted by molar-refractivity contribution is 0.0830. The summed E-state index contributed by atoms with van der Waals surface area (Å²) in [7, 11) is -0.543. The molecule has 1 aromatic rings. The molecule has 0 radical (unpaired) electrons. The molecule has 0 spiro atoms. The monoisotopic (exact) mass is 337 g/mol. The molecule has 2 rings (SSSR count). The van der Waals surface area contributed by atoms with Gasteiger partial charge < -0.3 is 4.74 Å². The normalized spacial score (nSPS) is 24.2. The first-order valence-corrected chi connectivity index (χ1v) is 9.54. The van der Waals surface area contributed by atoms with Crippen molar-refractivity contribution < 1.29 is 13.2 Å². The summed E-state index contributed by atoms with van der Waals surface area (Å²) >= 11 is 0. The van der Waals surface area contributed by atoms with E-state index in [0.29, 0.717) is 6.10 Å². The van der Waals surface area contributed by atoms with Crippen molar-refractivity contribution in [2.45, 2.75) is 69.4 Å². The van der Waals surface area contributed by atoms with E-state index in [9.17, 15) is 8.42 Å². The third kappa shape index (κ3) is 4.88. The van der Waals surface area contributed by atoms with Gasteiger partial charge in [0.25, 0.3) is 0 Å². The van der Waals surface area contributed by atoms with Crippen molar-refractivity contribution in [3.05, 3.63) is 35.9 Å². The molecule has 0 amide bonds. The van der Waals surface area contributed by atoms with E-state index >= 15 is 0 Å². The highest BCUT2D eigenvalue weighted by Gasteiger charge is 2.55. The van der Waals surface area contributed by atoms with Gasteiger partial charge in [0.15, 0.2) is 0 Å². The Morgan fingerprint density at radius 2 is 1.96 bits per heavy atom. The molecule has 23 heavy (non-hydrogen) atoms. The highest BCUT2D eigenvalue weighted by Crippen LogP contribution is 2.54. The fourth-order valence-corrected chi connectivity index (χ4v) is 3.96. The highest BCUT2D eigenvalue weighted by molar-refractivity contribution is 7.61. The Morgan fingerprint density at radius 3 is 2.57 bits per heavy atom. The van der Waals surface area contributed by atoms with Crippen LogP contribution in [0.5, 0.6) is 0 Å². The van der Waals surface area contributed by atoms with Gasteiger partial charge in [0, 0.05) is 12.5 Å². The van der Waals surface area contributed by atoms with Crippen LogP contribution in [0.15, 0.2) is 34.7 Å². The van der Waals surface area contributed by atoms with Crippen LogP contribution in [0.3, 0.4) is 0 Å². The van der Waals surface area contributed by atoms with Crippen molar-refractivity contribution in [1.29, 1.82) is 0 Å². The molecule has 0 N–H and O–H groups in total. The van der Waals surface area contributed by atoms with Crippen LogP contribution in [0.1, 0.15) is 57.4 Å². The Labute approximate surface area is 141 Å². The Balaban J connectivity index is 1.99. The molecular formula is C18H27NO3S. The van der Waals surface area contributed by atoms with Crippen LogP contribution in [0, 0.1) is 0 Å². The van der Waals surface area contributed by atoms with Crippen molar-refractivity contribution in [2.75, 3.05) is 7.11 Å². The molecule has 1 aliphatic rings. The van der Waals surface area contributed by atoms with E-state index in [0.717, 1.165) is 32.1 Å². The molecule has 1 aliphatic carbocycles. The standard InChI is InChI=1S/C18H27NO3S/c1-3-4-11-16(22-2)12-8-13-18(14-17(18)19-23(20)21)15-9-6-5-7-10-15/h5-7,9-10,16-17H,3-4,8,11-14H2,1-2H3. The maximum absolute atomic E-state index is 10.9. The summed E-state index contributed by atoms with van der Waals surface area (Å²) in [6, 6.07) is 10.1. The summed E-state index contributed by atoms with van der Waals surface area (Å²) in [5.41, 5.74) is 1.12. The predicted octanol–water partition coefficient (Wildman–Crippen LogP) is 4.13. The second kappa shape index (κ2) is 8.60. The van der Waals surface area contributed by atoms with Gasteiger partial charge in [-0.2, -0.15) is 12.8 Å². The number of hydrogen-bond donors (Lipinski definition) is 0. The number of hydrogen-bond acceptors (Lipinski definition) is 4. The van der Waals surface area contributed by atoms with Gasteiger partial charge in [0.2, 0.25) is 0 Å². The van der Waals surface area contributed by atoms with Gasteiger partial charge in [-0.3, -0.25) is 0 Å². The lowest BCUT2D eigenvalue weighted by Crippen LogP contribution is -2.15. The number of nitrogens with zero attached hydrogens (tertiary/aromatic N) is 1. The second-order valence-corrected chi connectivity index (χ2v) is 7.10. The summed E-state index contributed by atoms with van der Waals surface area (Å²) in [5.74, 6) is 0. The summed E-state index contributed by atoms with van der Waals surface area (Å²) < 4.78 is 31.3. The number of rotatable bonds is 10. The zero-order valence-electron chi connectivity index (χ0n) is 14.1. The van der Waals surface area contributed by atoms with E-state index in [1.54, 1.807) is 7.11 Å². The Bertz CT molecular complexity index is 606. The van der Waals surface area contributed by atoms with Crippen LogP contribution in [0.2, 0.25) is 0 Å². The first kappa shape index (κ1) is 18.1. The van der Waals surface area contributed by atoms with Crippen LogP contribution in [-0.2, 0) is 20.7 Å². The average Bonchev–Trinajstić information content (AvgIpc) is 3.24. The molecule has 1 fully saturated rings. The van der Waals surface area contributed by atoms with Crippen LogP contribution in [-0.4, -0.2) is 27.7 Å².